The van der Waals surface area contributed by atoms with Gasteiger partial charge in [0.1, 0.15) is 0 Å². The second kappa shape index (κ2) is 11.7. The van der Waals surface area contributed by atoms with Crippen molar-refractivity contribution in [3.05, 3.63) is 0 Å². The van der Waals surface area contributed by atoms with Crippen LogP contribution < -0.4 is 10.6 Å². The molecule has 1 fully saturated rings. The van der Waals surface area contributed by atoms with Gasteiger partial charge in [0.2, 0.25) is 0 Å². The van der Waals surface area contributed by atoms with Crippen molar-refractivity contribution in [2.45, 2.75) is 66.0 Å². The Morgan fingerprint density at radius 3 is 2.58 bits per heavy atom. The normalized spacial score (nSPS) is 21.3. The molecule has 1 heterocycles. The highest BCUT2D eigenvalue weighted by Gasteiger charge is 2.21. The second-order valence-corrected chi connectivity index (χ2v) is 7.50. The third-order valence-corrected chi connectivity index (χ3v) is 4.91. The average molecular weight is 341 g/mol. The molecule has 0 bridgehead atoms. The molecule has 0 saturated carbocycles. The van der Waals surface area contributed by atoms with Crippen LogP contribution in [-0.4, -0.2) is 62.8 Å². The Balaban J connectivity index is 2.29. The van der Waals surface area contributed by atoms with Gasteiger partial charge in [-0.05, 0) is 58.4 Å². The number of nitrogens with one attached hydrogen (secondary N) is 2. The third kappa shape index (κ3) is 7.84. The van der Waals surface area contributed by atoms with Crippen LogP contribution in [0.1, 0.15) is 53.9 Å². The zero-order valence-electron chi connectivity index (χ0n) is 16.8. The number of guanidine groups is 1. The maximum atomic E-state index is 5.80. The fourth-order valence-electron chi connectivity index (χ4n) is 3.35. The zero-order chi connectivity index (χ0) is 17.9. The molecule has 0 radical (unpaired) electrons. The summed E-state index contributed by atoms with van der Waals surface area (Å²) in [7, 11) is 1.85. The van der Waals surface area contributed by atoms with E-state index >= 15 is 0 Å². The molecule has 142 valence electrons. The van der Waals surface area contributed by atoms with Gasteiger partial charge < -0.3 is 20.3 Å². The molecule has 1 aliphatic heterocycles. The molecule has 0 aromatic rings. The Bertz CT molecular complexity index is 357. The van der Waals surface area contributed by atoms with E-state index in [-0.39, 0.29) is 0 Å². The van der Waals surface area contributed by atoms with Gasteiger partial charge in [0.05, 0.1) is 6.10 Å². The standard InChI is InChI=1S/C19H40N4O/c1-7-24-18(15(2)3)10-11-21-19(20-6)22-13-17-9-8-12-23(14-17)16(4)5/h15-18H,7-14H2,1-6H3,(H2,20,21,22). The lowest BCUT2D eigenvalue weighted by molar-refractivity contribution is 0.0258. The van der Waals surface area contributed by atoms with Crippen LogP contribution in [0.5, 0.6) is 0 Å². The van der Waals surface area contributed by atoms with Gasteiger partial charge in [-0.3, -0.25) is 4.99 Å². The Morgan fingerprint density at radius 1 is 1.25 bits per heavy atom. The van der Waals surface area contributed by atoms with Crippen molar-refractivity contribution in [2.24, 2.45) is 16.8 Å². The summed E-state index contributed by atoms with van der Waals surface area (Å²) in [6.07, 6.45) is 3.95. The summed E-state index contributed by atoms with van der Waals surface area (Å²) in [6.45, 7) is 16.2. The summed E-state index contributed by atoms with van der Waals surface area (Å²) in [5.41, 5.74) is 0. The van der Waals surface area contributed by atoms with Crippen LogP contribution in [0.4, 0.5) is 0 Å². The van der Waals surface area contributed by atoms with Crippen LogP contribution in [-0.2, 0) is 4.74 Å². The number of ether oxygens (including phenoxy) is 1. The first-order chi connectivity index (χ1) is 11.5. The summed E-state index contributed by atoms with van der Waals surface area (Å²) < 4.78 is 5.80. The van der Waals surface area contributed by atoms with Crippen LogP contribution in [0, 0.1) is 11.8 Å². The van der Waals surface area contributed by atoms with Crippen LogP contribution in [0.2, 0.25) is 0 Å². The van der Waals surface area contributed by atoms with Crippen molar-refractivity contribution in [2.75, 3.05) is 39.8 Å². The first-order valence-electron chi connectivity index (χ1n) is 9.78. The molecule has 0 aromatic heterocycles. The molecule has 0 aliphatic carbocycles. The minimum absolute atomic E-state index is 0.318. The monoisotopic (exact) mass is 340 g/mol. The molecule has 0 amide bonds. The Hall–Kier alpha value is -0.810. The first kappa shape index (κ1) is 21.2. The van der Waals surface area contributed by atoms with E-state index < -0.39 is 0 Å². The molecule has 2 unspecified atom stereocenters. The van der Waals surface area contributed by atoms with Gasteiger partial charge in [0, 0.05) is 39.3 Å². The predicted octanol–water partition coefficient (Wildman–Crippen LogP) is 2.72. The highest BCUT2D eigenvalue weighted by atomic mass is 16.5. The lowest BCUT2D eigenvalue weighted by Crippen LogP contribution is -2.46. The number of hydrogen-bond donors (Lipinski definition) is 2. The number of hydrogen-bond acceptors (Lipinski definition) is 3. The molecule has 1 rings (SSSR count). The van der Waals surface area contributed by atoms with Crippen LogP contribution in [0.25, 0.3) is 0 Å². The summed E-state index contributed by atoms with van der Waals surface area (Å²) in [5, 5.41) is 6.94. The molecule has 1 aliphatic rings. The predicted molar refractivity (Wildman–Crippen MR) is 104 cm³/mol. The quantitative estimate of drug-likeness (QED) is 0.500. The third-order valence-electron chi connectivity index (χ3n) is 4.91. The number of piperidine rings is 1. The fraction of sp³-hybridized carbons (Fsp3) is 0.947. The van der Waals surface area contributed by atoms with E-state index in [1.54, 1.807) is 0 Å². The van der Waals surface area contributed by atoms with Crippen molar-refractivity contribution in [3.8, 4) is 0 Å². The van der Waals surface area contributed by atoms with E-state index in [0.717, 1.165) is 32.1 Å². The minimum atomic E-state index is 0.318. The van der Waals surface area contributed by atoms with Crippen molar-refractivity contribution >= 4 is 5.96 Å². The van der Waals surface area contributed by atoms with Gasteiger partial charge in [0.25, 0.3) is 0 Å². The molecule has 5 heteroatoms. The topological polar surface area (TPSA) is 48.9 Å². The van der Waals surface area contributed by atoms with Crippen LogP contribution in [0.15, 0.2) is 4.99 Å². The van der Waals surface area contributed by atoms with Crippen LogP contribution >= 0.6 is 0 Å². The maximum absolute atomic E-state index is 5.80. The lowest BCUT2D eigenvalue weighted by Gasteiger charge is -2.35. The van der Waals surface area contributed by atoms with E-state index in [9.17, 15) is 0 Å². The molecule has 0 aromatic carbocycles. The van der Waals surface area contributed by atoms with Crippen molar-refractivity contribution in [1.29, 1.82) is 0 Å². The van der Waals surface area contributed by atoms with Gasteiger partial charge in [-0.1, -0.05) is 13.8 Å². The van der Waals surface area contributed by atoms with Gasteiger partial charge in [-0.25, -0.2) is 0 Å². The van der Waals surface area contributed by atoms with Gasteiger partial charge >= 0.3 is 0 Å². The van der Waals surface area contributed by atoms with Gasteiger partial charge in [0.15, 0.2) is 5.96 Å². The van der Waals surface area contributed by atoms with Crippen LogP contribution in [0.3, 0.4) is 0 Å². The van der Waals surface area contributed by atoms with E-state index in [1.807, 2.05) is 7.05 Å². The van der Waals surface area contributed by atoms with Crippen molar-refractivity contribution < 1.29 is 4.74 Å². The van der Waals surface area contributed by atoms with Gasteiger partial charge in [-0.2, -0.15) is 0 Å². The summed E-state index contributed by atoms with van der Waals surface area (Å²) >= 11 is 0. The van der Waals surface area contributed by atoms with Gasteiger partial charge in [-0.15, -0.1) is 0 Å². The molecule has 24 heavy (non-hydrogen) atoms. The second-order valence-electron chi connectivity index (χ2n) is 7.50. The Morgan fingerprint density at radius 2 is 2.00 bits per heavy atom. The van der Waals surface area contributed by atoms with E-state index in [4.69, 9.17) is 4.74 Å². The Kier molecular flexibility index (Phi) is 10.3. The Labute approximate surface area is 149 Å². The smallest absolute Gasteiger partial charge is 0.190 e. The summed E-state index contributed by atoms with van der Waals surface area (Å²) in [4.78, 5) is 6.94. The lowest BCUT2D eigenvalue weighted by atomic mass is 9.97. The molecule has 5 nitrogen and oxygen atoms in total. The minimum Gasteiger partial charge on any atom is -0.378 e. The van der Waals surface area contributed by atoms with Crippen molar-refractivity contribution in [3.63, 3.8) is 0 Å². The number of likely N-dealkylation sites (tertiary alicyclic amines) is 1. The van der Waals surface area contributed by atoms with E-state index in [2.05, 4.69) is 55.1 Å². The molecule has 2 atom stereocenters. The average Bonchev–Trinajstić information content (AvgIpc) is 2.57. The first-order valence-corrected chi connectivity index (χ1v) is 9.78. The zero-order valence-corrected chi connectivity index (χ0v) is 16.8. The van der Waals surface area contributed by atoms with Crippen molar-refractivity contribution in [1.82, 2.24) is 15.5 Å². The molecule has 1 saturated heterocycles. The maximum Gasteiger partial charge on any atom is 0.190 e. The highest BCUT2D eigenvalue weighted by Crippen LogP contribution is 2.17. The highest BCUT2D eigenvalue weighted by molar-refractivity contribution is 5.79. The van der Waals surface area contributed by atoms with E-state index in [0.29, 0.717) is 24.0 Å². The van der Waals surface area contributed by atoms with E-state index in [1.165, 1.54) is 25.9 Å². The SMILES string of the molecule is CCOC(CCNC(=NC)NCC1CCCN(C(C)C)C1)C(C)C. The summed E-state index contributed by atoms with van der Waals surface area (Å²) in [6, 6.07) is 0.650. The number of aliphatic imine (C=N–C) groups is 1. The molecule has 0 spiro atoms. The molecular weight excluding hydrogens is 300 g/mol. The largest absolute Gasteiger partial charge is 0.378 e. The molecular formula is C19H40N4O. The number of nitrogens with zero attached hydrogens (tertiary/aromatic N) is 2. The number of rotatable bonds is 9. The molecule has 2 N–H and O–H groups in total. The summed E-state index contributed by atoms with van der Waals surface area (Å²) in [5.74, 6) is 2.17. The fourth-order valence-corrected chi connectivity index (χ4v) is 3.35.